The Morgan fingerprint density at radius 1 is 0.871 bits per heavy atom. The van der Waals surface area contributed by atoms with Crippen LogP contribution in [0.15, 0.2) is 30.6 Å². The summed E-state index contributed by atoms with van der Waals surface area (Å²) in [6.45, 7) is 5.55. The SMILES string of the molecule is CCCCCC1CCC(COc2ncc(-c3ccc(OCCCC)c(F)c3)cn2)CC1. The predicted molar refractivity (Wildman–Crippen MR) is 123 cm³/mol. The highest BCUT2D eigenvalue weighted by molar-refractivity contribution is 5.62. The molecule has 0 unspecified atom stereocenters. The number of hydrogen-bond acceptors (Lipinski definition) is 4. The highest BCUT2D eigenvalue weighted by Crippen LogP contribution is 2.32. The lowest BCUT2D eigenvalue weighted by molar-refractivity contribution is 0.169. The van der Waals surface area contributed by atoms with Gasteiger partial charge in [-0.1, -0.05) is 64.9 Å². The summed E-state index contributed by atoms with van der Waals surface area (Å²) in [5.74, 6) is 1.43. The van der Waals surface area contributed by atoms with Gasteiger partial charge < -0.3 is 9.47 Å². The molecule has 5 heteroatoms. The van der Waals surface area contributed by atoms with Gasteiger partial charge in [0.2, 0.25) is 0 Å². The van der Waals surface area contributed by atoms with Crippen molar-refractivity contribution in [2.45, 2.75) is 78.1 Å². The van der Waals surface area contributed by atoms with Gasteiger partial charge in [0.1, 0.15) is 0 Å². The summed E-state index contributed by atoms with van der Waals surface area (Å²) < 4.78 is 25.6. The summed E-state index contributed by atoms with van der Waals surface area (Å²) in [5, 5.41) is 0. The van der Waals surface area contributed by atoms with Crippen molar-refractivity contribution in [3.05, 3.63) is 36.4 Å². The number of nitrogens with zero attached hydrogens (tertiary/aromatic N) is 2. The van der Waals surface area contributed by atoms with Crippen LogP contribution < -0.4 is 9.47 Å². The summed E-state index contributed by atoms with van der Waals surface area (Å²) in [5.41, 5.74) is 1.49. The molecular formula is C26H37FN2O2. The van der Waals surface area contributed by atoms with E-state index in [1.807, 2.05) is 6.07 Å². The molecule has 1 aliphatic rings. The molecule has 3 rings (SSSR count). The van der Waals surface area contributed by atoms with Crippen LogP contribution in [0, 0.1) is 17.7 Å². The van der Waals surface area contributed by atoms with Crippen molar-refractivity contribution >= 4 is 0 Å². The largest absolute Gasteiger partial charge is 0.491 e. The molecule has 1 aromatic heterocycles. The van der Waals surface area contributed by atoms with Crippen molar-refractivity contribution in [2.24, 2.45) is 11.8 Å². The van der Waals surface area contributed by atoms with Crippen molar-refractivity contribution in [3.63, 3.8) is 0 Å². The molecule has 1 saturated carbocycles. The molecule has 0 atom stereocenters. The Morgan fingerprint density at radius 3 is 2.26 bits per heavy atom. The van der Waals surface area contributed by atoms with E-state index in [1.54, 1.807) is 18.5 Å². The first-order valence-electron chi connectivity index (χ1n) is 12.1. The minimum absolute atomic E-state index is 0.290. The Balaban J connectivity index is 1.45. The number of aromatic nitrogens is 2. The van der Waals surface area contributed by atoms with Gasteiger partial charge >= 0.3 is 6.01 Å². The number of ether oxygens (including phenoxy) is 2. The van der Waals surface area contributed by atoms with E-state index in [2.05, 4.69) is 23.8 Å². The van der Waals surface area contributed by atoms with Gasteiger partial charge in [-0.2, -0.15) is 0 Å². The minimum Gasteiger partial charge on any atom is -0.491 e. The van der Waals surface area contributed by atoms with Gasteiger partial charge in [0.05, 0.1) is 13.2 Å². The Labute approximate surface area is 186 Å². The van der Waals surface area contributed by atoms with Gasteiger partial charge in [0.15, 0.2) is 11.6 Å². The van der Waals surface area contributed by atoms with Crippen LogP contribution in [0.1, 0.15) is 78.1 Å². The third-order valence-corrected chi connectivity index (χ3v) is 6.28. The first-order chi connectivity index (χ1) is 15.2. The first-order valence-corrected chi connectivity index (χ1v) is 12.1. The van der Waals surface area contributed by atoms with Crippen LogP contribution in [0.4, 0.5) is 4.39 Å². The molecule has 0 aliphatic heterocycles. The van der Waals surface area contributed by atoms with E-state index < -0.39 is 0 Å². The molecule has 4 nitrogen and oxygen atoms in total. The van der Waals surface area contributed by atoms with Crippen molar-refractivity contribution < 1.29 is 13.9 Å². The van der Waals surface area contributed by atoms with E-state index in [9.17, 15) is 4.39 Å². The van der Waals surface area contributed by atoms with Crippen LogP contribution in [0.3, 0.4) is 0 Å². The molecule has 0 radical (unpaired) electrons. The lowest BCUT2D eigenvalue weighted by Gasteiger charge is -2.28. The lowest BCUT2D eigenvalue weighted by Crippen LogP contribution is -2.20. The fourth-order valence-electron chi connectivity index (χ4n) is 4.23. The molecule has 0 saturated heterocycles. The molecular weight excluding hydrogens is 391 g/mol. The standard InChI is InChI=1S/C26H37FN2O2/c1-3-5-7-8-20-9-11-21(12-10-20)19-31-26-28-17-23(18-29-26)22-13-14-25(24(27)16-22)30-15-6-4-2/h13-14,16-18,20-21H,3-12,15,19H2,1-2H3. The third kappa shape index (κ3) is 7.48. The second-order valence-corrected chi connectivity index (χ2v) is 8.80. The number of hydrogen-bond donors (Lipinski definition) is 0. The first kappa shape index (κ1) is 23.5. The van der Waals surface area contributed by atoms with Gasteiger partial charge in [-0.05, 0) is 48.8 Å². The number of halogens is 1. The smallest absolute Gasteiger partial charge is 0.316 e. The number of benzene rings is 1. The Morgan fingerprint density at radius 2 is 1.58 bits per heavy atom. The van der Waals surface area contributed by atoms with Gasteiger partial charge in [0, 0.05) is 18.0 Å². The Hall–Kier alpha value is -2.17. The quantitative estimate of drug-likeness (QED) is 0.335. The molecule has 1 fully saturated rings. The highest BCUT2D eigenvalue weighted by Gasteiger charge is 2.21. The fraction of sp³-hybridized carbons (Fsp3) is 0.615. The van der Waals surface area contributed by atoms with Crippen LogP contribution in [0.5, 0.6) is 11.8 Å². The molecule has 0 bridgehead atoms. The predicted octanol–water partition coefficient (Wildman–Crippen LogP) is 7.23. The normalized spacial score (nSPS) is 18.7. The van der Waals surface area contributed by atoms with E-state index >= 15 is 0 Å². The number of rotatable bonds is 12. The lowest BCUT2D eigenvalue weighted by atomic mass is 9.80. The van der Waals surface area contributed by atoms with Crippen LogP contribution >= 0.6 is 0 Å². The second kappa shape index (κ2) is 12.6. The molecule has 2 aromatic rings. The van der Waals surface area contributed by atoms with Crippen molar-refractivity contribution in [2.75, 3.05) is 13.2 Å². The maximum atomic E-state index is 14.3. The summed E-state index contributed by atoms with van der Waals surface area (Å²) in [6.07, 6.45) is 15.9. The zero-order valence-electron chi connectivity index (χ0n) is 19.1. The molecule has 0 spiro atoms. The molecule has 1 aliphatic carbocycles. The zero-order chi connectivity index (χ0) is 21.9. The van der Waals surface area contributed by atoms with E-state index in [-0.39, 0.29) is 11.6 Å². The van der Waals surface area contributed by atoms with Crippen LogP contribution in [0.2, 0.25) is 0 Å². The van der Waals surface area contributed by atoms with Crippen molar-refractivity contribution in [3.8, 4) is 22.9 Å². The highest BCUT2D eigenvalue weighted by atomic mass is 19.1. The molecule has 31 heavy (non-hydrogen) atoms. The number of unbranched alkanes of at least 4 members (excludes halogenated alkanes) is 3. The average molecular weight is 429 g/mol. The summed E-state index contributed by atoms with van der Waals surface area (Å²) in [6, 6.07) is 5.37. The molecule has 1 heterocycles. The van der Waals surface area contributed by atoms with Gasteiger partial charge in [-0.15, -0.1) is 0 Å². The summed E-state index contributed by atoms with van der Waals surface area (Å²) in [4.78, 5) is 8.66. The van der Waals surface area contributed by atoms with Gasteiger partial charge in [-0.25, -0.2) is 14.4 Å². The maximum absolute atomic E-state index is 14.3. The molecule has 0 amide bonds. The monoisotopic (exact) mass is 428 g/mol. The van der Waals surface area contributed by atoms with E-state index in [4.69, 9.17) is 9.47 Å². The van der Waals surface area contributed by atoms with Gasteiger partial charge in [-0.3, -0.25) is 0 Å². The van der Waals surface area contributed by atoms with E-state index in [1.165, 1.54) is 57.4 Å². The second-order valence-electron chi connectivity index (χ2n) is 8.80. The fourth-order valence-corrected chi connectivity index (χ4v) is 4.23. The zero-order valence-corrected chi connectivity index (χ0v) is 19.1. The van der Waals surface area contributed by atoms with Crippen molar-refractivity contribution in [1.82, 2.24) is 9.97 Å². The topological polar surface area (TPSA) is 44.2 Å². The summed E-state index contributed by atoms with van der Waals surface area (Å²) >= 11 is 0. The van der Waals surface area contributed by atoms with Crippen LogP contribution in [0.25, 0.3) is 11.1 Å². The average Bonchev–Trinajstić information content (AvgIpc) is 2.80. The van der Waals surface area contributed by atoms with Gasteiger partial charge in [0.25, 0.3) is 0 Å². The van der Waals surface area contributed by atoms with E-state index in [0.29, 0.717) is 25.1 Å². The Bertz CT molecular complexity index is 773. The van der Waals surface area contributed by atoms with E-state index in [0.717, 1.165) is 29.9 Å². The van der Waals surface area contributed by atoms with Crippen LogP contribution in [-0.4, -0.2) is 23.2 Å². The molecule has 0 N–H and O–H groups in total. The maximum Gasteiger partial charge on any atom is 0.316 e. The summed E-state index contributed by atoms with van der Waals surface area (Å²) in [7, 11) is 0. The molecule has 170 valence electrons. The Kier molecular flexibility index (Phi) is 9.57. The molecule has 1 aromatic carbocycles. The third-order valence-electron chi connectivity index (χ3n) is 6.28. The minimum atomic E-state index is -0.362. The van der Waals surface area contributed by atoms with Crippen molar-refractivity contribution in [1.29, 1.82) is 0 Å². The van der Waals surface area contributed by atoms with Crippen LogP contribution in [-0.2, 0) is 0 Å².